The van der Waals surface area contributed by atoms with Crippen LogP contribution in [0.4, 0.5) is 0 Å². The van der Waals surface area contributed by atoms with Crippen molar-refractivity contribution in [3.63, 3.8) is 0 Å². The Balaban J connectivity index is 2.34. The first kappa shape index (κ1) is 14.4. The second-order valence-corrected chi connectivity index (χ2v) is 5.54. The van der Waals surface area contributed by atoms with Gasteiger partial charge >= 0.3 is 0 Å². The first-order valence-electron chi connectivity index (χ1n) is 6.73. The lowest BCUT2D eigenvalue weighted by molar-refractivity contribution is 0.319. The molecule has 1 heterocycles. The van der Waals surface area contributed by atoms with Crippen LogP contribution >= 0.6 is 11.8 Å². The SMILES string of the molecule is CSc1[nH]c2ccccc2c(=O)c1/C(=N\O)c1ccccc1. The molecule has 0 amide bonds. The summed E-state index contributed by atoms with van der Waals surface area (Å²) in [5, 5.41) is 14.1. The van der Waals surface area contributed by atoms with Crippen LogP contribution in [0.25, 0.3) is 10.9 Å². The number of fused-ring (bicyclic) bond motifs is 1. The van der Waals surface area contributed by atoms with E-state index in [1.54, 1.807) is 6.07 Å². The number of nitrogens with zero attached hydrogens (tertiary/aromatic N) is 1. The lowest BCUT2D eigenvalue weighted by Crippen LogP contribution is -2.19. The molecule has 0 aliphatic carbocycles. The van der Waals surface area contributed by atoms with E-state index in [4.69, 9.17) is 0 Å². The van der Waals surface area contributed by atoms with E-state index in [0.29, 0.717) is 21.5 Å². The van der Waals surface area contributed by atoms with E-state index in [2.05, 4.69) is 10.1 Å². The first-order valence-corrected chi connectivity index (χ1v) is 7.95. The van der Waals surface area contributed by atoms with E-state index in [1.165, 1.54) is 11.8 Å². The van der Waals surface area contributed by atoms with Crippen molar-refractivity contribution in [2.75, 3.05) is 6.26 Å². The topological polar surface area (TPSA) is 65.5 Å². The minimum atomic E-state index is -0.143. The monoisotopic (exact) mass is 310 g/mol. The van der Waals surface area contributed by atoms with E-state index in [1.807, 2.05) is 54.8 Å². The Hall–Kier alpha value is -2.53. The molecule has 1 aromatic heterocycles. The highest BCUT2D eigenvalue weighted by molar-refractivity contribution is 7.98. The lowest BCUT2D eigenvalue weighted by Gasteiger charge is -2.11. The third-order valence-electron chi connectivity index (χ3n) is 3.46. The van der Waals surface area contributed by atoms with Crippen LogP contribution in [0.5, 0.6) is 0 Å². The molecule has 0 aliphatic rings. The maximum absolute atomic E-state index is 12.9. The van der Waals surface area contributed by atoms with Crippen molar-refractivity contribution in [3.05, 3.63) is 75.9 Å². The van der Waals surface area contributed by atoms with Crippen LogP contribution in [0, 0.1) is 0 Å². The number of oxime groups is 1. The Bertz CT molecular complexity index is 901. The van der Waals surface area contributed by atoms with Crippen LogP contribution < -0.4 is 5.43 Å². The van der Waals surface area contributed by atoms with Gasteiger partial charge in [-0.15, -0.1) is 11.8 Å². The molecular weight excluding hydrogens is 296 g/mol. The molecule has 2 aromatic carbocycles. The molecule has 0 radical (unpaired) electrons. The zero-order chi connectivity index (χ0) is 15.5. The molecule has 2 N–H and O–H groups in total. The van der Waals surface area contributed by atoms with E-state index in [9.17, 15) is 10.0 Å². The second kappa shape index (κ2) is 6.07. The number of benzene rings is 2. The molecular formula is C17H14N2O2S. The first-order chi connectivity index (χ1) is 10.8. The Morgan fingerprint density at radius 3 is 2.45 bits per heavy atom. The van der Waals surface area contributed by atoms with Crippen LogP contribution in [0.15, 0.2) is 69.6 Å². The summed E-state index contributed by atoms with van der Waals surface area (Å²) >= 11 is 1.42. The average molecular weight is 310 g/mol. The van der Waals surface area contributed by atoms with Gasteiger partial charge in [-0.2, -0.15) is 0 Å². The summed E-state index contributed by atoms with van der Waals surface area (Å²) in [5.41, 5.74) is 1.99. The number of aromatic amines is 1. The normalized spacial score (nSPS) is 11.8. The highest BCUT2D eigenvalue weighted by Gasteiger charge is 2.18. The highest BCUT2D eigenvalue weighted by Crippen LogP contribution is 2.22. The van der Waals surface area contributed by atoms with Gasteiger partial charge in [0.15, 0.2) is 5.43 Å². The number of nitrogens with one attached hydrogen (secondary N) is 1. The lowest BCUT2D eigenvalue weighted by atomic mass is 10.0. The zero-order valence-corrected chi connectivity index (χ0v) is 12.7. The minimum absolute atomic E-state index is 0.143. The summed E-state index contributed by atoms with van der Waals surface area (Å²) in [7, 11) is 0. The molecule has 0 saturated heterocycles. The number of hydrogen-bond acceptors (Lipinski definition) is 4. The predicted molar refractivity (Wildman–Crippen MR) is 90.2 cm³/mol. The van der Waals surface area contributed by atoms with Gasteiger partial charge in [0.05, 0.1) is 16.1 Å². The fourth-order valence-corrected chi connectivity index (χ4v) is 3.03. The van der Waals surface area contributed by atoms with Gasteiger partial charge in [-0.05, 0) is 18.4 Å². The molecule has 110 valence electrons. The van der Waals surface area contributed by atoms with Crippen LogP contribution in [0.1, 0.15) is 11.1 Å². The highest BCUT2D eigenvalue weighted by atomic mass is 32.2. The summed E-state index contributed by atoms with van der Waals surface area (Å²) in [6.45, 7) is 0. The van der Waals surface area contributed by atoms with Crippen LogP contribution in [0.2, 0.25) is 0 Å². The van der Waals surface area contributed by atoms with E-state index in [-0.39, 0.29) is 11.1 Å². The molecule has 5 heteroatoms. The molecule has 3 aromatic rings. The summed E-state index contributed by atoms with van der Waals surface area (Å²) in [6.07, 6.45) is 1.88. The van der Waals surface area contributed by atoms with E-state index in [0.717, 1.165) is 5.52 Å². The average Bonchev–Trinajstić information content (AvgIpc) is 2.58. The standard InChI is InChI=1S/C17H14N2O2S/c1-22-17-14(15(19-21)11-7-3-2-4-8-11)16(20)12-9-5-6-10-13(12)18-17/h2-10,21H,1H3,(H,18,20)/b19-15-. The number of rotatable bonds is 3. The van der Waals surface area contributed by atoms with Gasteiger partial charge in [0.1, 0.15) is 5.71 Å². The molecule has 0 saturated carbocycles. The van der Waals surface area contributed by atoms with Crippen molar-refractivity contribution < 1.29 is 5.21 Å². The molecule has 0 spiro atoms. The largest absolute Gasteiger partial charge is 0.410 e. The number of aromatic nitrogens is 1. The van der Waals surface area contributed by atoms with Crippen molar-refractivity contribution in [1.82, 2.24) is 4.98 Å². The number of hydrogen-bond donors (Lipinski definition) is 2. The van der Waals surface area contributed by atoms with Crippen LogP contribution in [-0.4, -0.2) is 22.2 Å². The molecule has 0 aliphatic heterocycles. The van der Waals surface area contributed by atoms with Crippen molar-refractivity contribution in [2.24, 2.45) is 5.16 Å². The van der Waals surface area contributed by atoms with E-state index >= 15 is 0 Å². The number of thioether (sulfide) groups is 1. The molecule has 0 unspecified atom stereocenters. The van der Waals surface area contributed by atoms with Gasteiger partial charge in [0.25, 0.3) is 0 Å². The maximum Gasteiger partial charge on any atom is 0.200 e. The molecule has 4 nitrogen and oxygen atoms in total. The molecule has 0 bridgehead atoms. The van der Waals surface area contributed by atoms with Crippen molar-refractivity contribution in [1.29, 1.82) is 0 Å². The molecule has 0 atom stereocenters. The Morgan fingerprint density at radius 2 is 1.77 bits per heavy atom. The van der Waals surface area contributed by atoms with Gasteiger partial charge in [-0.25, -0.2) is 0 Å². The van der Waals surface area contributed by atoms with Crippen LogP contribution in [0.3, 0.4) is 0 Å². The Kier molecular flexibility index (Phi) is 3.98. The number of H-pyrrole nitrogens is 1. The molecule has 22 heavy (non-hydrogen) atoms. The van der Waals surface area contributed by atoms with Gasteiger partial charge in [-0.1, -0.05) is 47.6 Å². The quantitative estimate of drug-likeness (QED) is 0.337. The summed E-state index contributed by atoms with van der Waals surface area (Å²) in [4.78, 5) is 16.1. The maximum atomic E-state index is 12.9. The van der Waals surface area contributed by atoms with Crippen molar-refractivity contribution in [2.45, 2.75) is 5.03 Å². The molecule has 0 fully saturated rings. The van der Waals surface area contributed by atoms with Gasteiger partial charge in [0.2, 0.25) is 0 Å². The Morgan fingerprint density at radius 1 is 1.09 bits per heavy atom. The predicted octanol–water partition coefficient (Wildman–Crippen LogP) is 3.48. The van der Waals surface area contributed by atoms with Crippen LogP contribution in [-0.2, 0) is 0 Å². The fourth-order valence-electron chi connectivity index (χ4n) is 2.43. The third kappa shape index (κ3) is 2.40. The zero-order valence-electron chi connectivity index (χ0n) is 11.9. The van der Waals surface area contributed by atoms with Gasteiger partial charge < -0.3 is 10.2 Å². The third-order valence-corrected chi connectivity index (χ3v) is 4.18. The Labute approximate surface area is 131 Å². The minimum Gasteiger partial charge on any atom is -0.410 e. The summed E-state index contributed by atoms with van der Waals surface area (Å²) in [5.74, 6) is 0. The van der Waals surface area contributed by atoms with E-state index < -0.39 is 0 Å². The van der Waals surface area contributed by atoms with Gasteiger partial charge in [-0.3, -0.25) is 4.79 Å². The van der Waals surface area contributed by atoms with Crippen molar-refractivity contribution in [3.8, 4) is 0 Å². The second-order valence-electron chi connectivity index (χ2n) is 4.72. The fraction of sp³-hybridized carbons (Fsp3) is 0.0588. The van der Waals surface area contributed by atoms with Gasteiger partial charge in [0, 0.05) is 10.9 Å². The smallest absolute Gasteiger partial charge is 0.200 e. The van der Waals surface area contributed by atoms with Crippen molar-refractivity contribution >= 4 is 28.4 Å². The summed E-state index contributed by atoms with van der Waals surface area (Å²) < 4.78 is 0. The molecule has 3 rings (SSSR count). The number of para-hydroxylation sites is 1. The summed E-state index contributed by atoms with van der Waals surface area (Å²) in [6, 6.07) is 16.5. The number of pyridine rings is 1.